The van der Waals surface area contributed by atoms with Crippen LogP contribution in [0.5, 0.6) is 5.75 Å². The molecule has 1 aliphatic heterocycles. The zero-order chi connectivity index (χ0) is 19.4. The smallest absolute Gasteiger partial charge is 0.243 e. The Morgan fingerprint density at radius 1 is 1.15 bits per heavy atom. The maximum atomic E-state index is 12.9. The van der Waals surface area contributed by atoms with Gasteiger partial charge in [-0.15, -0.1) is 0 Å². The molecule has 1 heterocycles. The molecule has 1 aliphatic rings. The van der Waals surface area contributed by atoms with Gasteiger partial charge in [0.05, 0.1) is 12.0 Å². The molecule has 3 rings (SSSR count). The second-order valence-corrected chi connectivity index (χ2v) is 9.03. The van der Waals surface area contributed by atoms with E-state index in [1.165, 1.54) is 0 Å². The summed E-state index contributed by atoms with van der Waals surface area (Å²) in [4.78, 5) is 0.363. The Labute approximate surface area is 162 Å². The highest BCUT2D eigenvalue weighted by Gasteiger charge is 2.30. The Hall–Kier alpha value is -2.05. The molecule has 0 saturated carbocycles. The van der Waals surface area contributed by atoms with Gasteiger partial charge in [0, 0.05) is 24.8 Å². The van der Waals surface area contributed by atoms with E-state index in [0.717, 1.165) is 41.8 Å². The van der Waals surface area contributed by atoms with E-state index in [-0.39, 0.29) is 6.04 Å². The topological polar surface area (TPSA) is 58.6 Å². The fraction of sp³-hybridized carbons (Fsp3) is 0.429. The number of aryl methyl sites for hydroxylation is 1. The second-order valence-electron chi connectivity index (χ2n) is 7.14. The monoisotopic (exact) mass is 388 g/mol. The predicted molar refractivity (Wildman–Crippen MR) is 109 cm³/mol. The quantitative estimate of drug-likeness (QED) is 0.807. The summed E-state index contributed by atoms with van der Waals surface area (Å²) in [5.41, 5.74) is 3.13. The minimum Gasteiger partial charge on any atom is -0.496 e. The van der Waals surface area contributed by atoms with Crippen molar-refractivity contribution in [2.45, 2.75) is 50.6 Å². The van der Waals surface area contributed by atoms with Crippen molar-refractivity contribution in [2.75, 3.05) is 19.0 Å². The molecule has 1 atom stereocenters. The number of nitrogens with one attached hydrogen (secondary N) is 1. The van der Waals surface area contributed by atoms with E-state index in [1.807, 2.05) is 38.1 Å². The molecule has 1 fully saturated rings. The molecule has 0 aromatic heterocycles. The maximum absolute atomic E-state index is 12.9. The second kappa shape index (κ2) is 8.31. The molecule has 0 spiro atoms. The van der Waals surface area contributed by atoms with E-state index in [4.69, 9.17) is 4.74 Å². The molecule has 0 bridgehead atoms. The highest BCUT2D eigenvalue weighted by atomic mass is 32.2. The zero-order valence-electron chi connectivity index (χ0n) is 16.2. The Bertz CT molecular complexity index is 879. The van der Waals surface area contributed by atoms with E-state index < -0.39 is 10.0 Å². The number of benzene rings is 2. The third-order valence-corrected chi connectivity index (χ3v) is 7.19. The molecule has 1 N–H and O–H groups in total. The Kier molecular flexibility index (Phi) is 6.07. The van der Waals surface area contributed by atoms with Crippen molar-refractivity contribution in [3.8, 4) is 5.75 Å². The van der Waals surface area contributed by atoms with Crippen molar-refractivity contribution in [3.05, 3.63) is 53.6 Å². The molecule has 0 amide bonds. The fourth-order valence-corrected chi connectivity index (χ4v) is 5.26. The van der Waals surface area contributed by atoms with Gasteiger partial charge in [-0.05, 0) is 68.1 Å². The number of anilines is 1. The standard InChI is InChI=1S/C21H28N2O3S/c1-16-14-18(7-12-21(16)26-3)15-22-19-8-10-20(11-9-19)27(24,25)23-13-5-4-6-17(23)2/h7-12,14,17,22H,4-6,13,15H2,1-3H3. The molecule has 2 aromatic carbocycles. The molecule has 6 heteroatoms. The number of piperidine rings is 1. The molecule has 2 aromatic rings. The number of sulfonamides is 1. The average molecular weight is 389 g/mol. The number of ether oxygens (including phenoxy) is 1. The van der Waals surface area contributed by atoms with Crippen molar-refractivity contribution in [3.63, 3.8) is 0 Å². The van der Waals surface area contributed by atoms with E-state index in [9.17, 15) is 8.42 Å². The number of methoxy groups -OCH3 is 1. The van der Waals surface area contributed by atoms with Crippen LogP contribution < -0.4 is 10.1 Å². The summed E-state index contributed by atoms with van der Waals surface area (Å²) in [6, 6.07) is 13.2. The Balaban J connectivity index is 1.67. The summed E-state index contributed by atoms with van der Waals surface area (Å²) in [5.74, 6) is 0.875. The first kappa shape index (κ1) is 19.7. The van der Waals surface area contributed by atoms with Gasteiger partial charge >= 0.3 is 0 Å². The van der Waals surface area contributed by atoms with E-state index in [0.29, 0.717) is 18.0 Å². The van der Waals surface area contributed by atoms with Crippen LogP contribution in [0.1, 0.15) is 37.3 Å². The lowest BCUT2D eigenvalue weighted by Crippen LogP contribution is -2.41. The summed E-state index contributed by atoms with van der Waals surface area (Å²) in [7, 11) is -1.75. The predicted octanol–water partition coefficient (Wildman–Crippen LogP) is 4.18. The minimum absolute atomic E-state index is 0.0693. The third-order valence-electron chi connectivity index (χ3n) is 5.16. The van der Waals surface area contributed by atoms with Gasteiger partial charge in [-0.1, -0.05) is 18.6 Å². The first-order valence-electron chi connectivity index (χ1n) is 9.41. The molecule has 0 radical (unpaired) electrons. The minimum atomic E-state index is -3.42. The van der Waals surface area contributed by atoms with Gasteiger partial charge in [0.2, 0.25) is 10.0 Å². The zero-order valence-corrected chi connectivity index (χ0v) is 17.1. The van der Waals surface area contributed by atoms with Crippen LogP contribution in [0.4, 0.5) is 5.69 Å². The molecule has 1 unspecified atom stereocenters. The molecular weight excluding hydrogens is 360 g/mol. The summed E-state index contributed by atoms with van der Waals surface area (Å²) in [5, 5.41) is 3.34. The maximum Gasteiger partial charge on any atom is 0.243 e. The van der Waals surface area contributed by atoms with Gasteiger partial charge in [0.15, 0.2) is 0 Å². The lowest BCUT2D eigenvalue weighted by Gasteiger charge is -2.32. The summed E-state index contributed by atoms with van der Waals surface area (Å²) in [6.45, 7) is 5.29. The highest BCUT2D eigenvalue weighted by Crippen LogP contribution is 2.26. The molecular formula is C21H28N2O3S. The summed E-state index contributed by atoms with van der Waals surface area (Å²) >= 11 is 0. The van der Waals surface area contributed by atoms with Crippen LogP contribution in [0.2, 0.25) is 0 Å². The van der Waals surface area contributed by atoms with Crippen LogP contribution in [0.3, 0.4) is 0 Å². The molecule has 27 heavy (non-hydrogen) atoms. The molecule has 0 aliphatic carbocycles. The Morgan fingerprint density at radius 3 is 2.52 bits per heavy atom. The van der Waals surface area contributed by atoms with Crippen molar-refractivity contribution >= 4 is 15.7 Å². The number of hydrogen-bond acceptors (Lipinski definition) is 4. The van der Waals surface area contributed by atoms with E-state index >= 15 is 0 Å². The fourth-order valence-electron chi connectivity index (χ4n) is 3.56. The van der Waals surface area contributed by atoms with Crippen molar-refractivity contribution < 1.29 is 13.2 Å². The first-order valence-corrected chi connectivity index (χ1v) is 10.8. The third kappa shape index (κ3) is 4.45. The SMILES string of the molecule is COc1ccc(CNc2ccc(S(=O)(=O)N3CCCCC3C)cc2)cc1C. The van der Waals surface area contributed by atoms with Crippen LogP contribution in [0.25, 0.3) is 0 Å². The number of hydrogen-bond donors (Lipinski definition) is 1. The van der Waals surface area contributed by atoms with E-state index in [2.05, 4.69) is 11.4 Å². The summed E-state index contributed by atoms with van der Waals surface area (Å²) in [6.07, 6.45) is 2.96. The average Bonchev–Trinajstić information content (AvgIpc) is 2.67. The van der Waals surface area contributed by atoms with Gasteiger partial charge in [-0.3, -0.25) is 0 Å². The van der Waals surface area contributed by atoms with Gasteiger partial charge < -0.3 is 10.1 Å². The molecule has 146 valence electrons. The molecule has 5 nitrogen and oxygen atoms in total. The summed E-state index contributed by atoms with van der Waals surface area (Å²) < 4.78 is 32.7. The number of nitrogens with zero attached hydrogens (tertiary/aromatic N) is 1. The van der Waals surface area contributed by atoms with Crippen molar-refractivity contribution in [1.29, 1.82) is 0 Å². The Morgan fingerprint density at radius 2 is 1.89 bits per heavy atom. The van der Waals surface area contributed by atoms with Crippen LogP contribution in [-0.4, -0.2) is 32.4 Å². The van der Waals surface area contributed by atoms with Gasteiger partial charge in [-0.2, -0.15) is 4.31 Å². The van der Waals surface area contributed by atoms with Gasteiger partial charge in [-0.25, -0.2) is 8.42 Å². The normalized spacial score (nSPS) is 18.3. The van der Waals surface area contributed by atoms with Crippen molar-refractivity contribution in [1.82, 2.24) is 4.31 Å². The van der Waals surface area contributed by atoms with E-state index in [1.54, 1.807) is 23.5 Å². The first-order chi connectivity index (χ1) is 12.9. The van der Waals surface area contributed by atoms with Crippen LogP contribution in [0, 0.1) is 6.92 Å². The highest BCUT2D eigenvalue weighted by molar-refractivity contribution is 7.89. The lowest BCUT2D eigenvalue weighted by molar-refractivity contribution is 0.268. The van der Waals surface area contributed by atoms with Gasteiger partial charge in [0.25, 0.3) is 0 Å². The van der Waals surface area contributed by atoms with Crippen LogP contribution >= 0.6 is 0 Å². The van der Waals surface area contributed by atoms with Crippen LogP contribution in [0.15, 0.2) is 47.4 Å². The van der Waals surface area contributed by atoms with Crippen LogP contribution in [-0.2, 0) is 16.6 Å². The largest absolute Gasteiger partial charge is 0.496 e. The van der Waals surface area contributed by atoms with Gasteiger partial charge in [0.1, 0.15) is 5.75 Å². The lowest BCUT2D eigenvalue weighted by atomic mass is 10.1. The van der Waals surface area contributed by atoms with Crippen molar-refractivity contribution in [2.24, 2.45) is 0 Å². The molecule has 1 saturated heterocycles. The number of rotatable bonds is 6.